The van der Waals surface area contributed by atoms with Crippen LogP contribution in [-0.4, -0.2) is 24.5 Å². The Labute approximate surface area is 75.9 Å². The van der Waals surface area contributed by atoms with Crippen molar-refractivity contribution in [3.63, 3.8) is 0 Å². The fourth-order valence-electron chi connectivity index (χ4n) is 1.38. The number of rotatable bonds is 1. The van der Waals surface area contributed by atoms with Crippen LogP contribution in [0.3, 0.4) is 0 Å². The lowest BCUT2D eigenvalue weighted by molar-refractivity contribution is 0.0939. The molecule has 0 unspecified atom stereocenters. The molecule has 4 heteroatoms. The number of nitrogens with zero attached hydrogens (tertiary/aromatic N) is 1. The summed E-state index contributed by atoms with van der Waals surface area (Å²) in [5, 5.41) is 2.73. The summed E-state index contributed by atoms with van der Waals surface area (Å²) in [6, 6.07) is 3.66. The first-order valence-electron chi connectivity index (χ1n) is 4.13. The maximum atomic E-state index is 11.3. The molecule has 1 aliphatic heterocycles. The Morgan fingerprint density at radius 2 is 2.38 bits per heavy atom. The molecule has 0 atom stereocenters. The number of hydrogen-bond donors (Lipinski definition) is 1. The van der Waals surface area contributed by atoms with E-state index in [1.54, 1.807) is 6.07 Å². The van der Waals surface area contributed by atoms with E-state index < -0.39 is 0 Å². The topological polar surface area (TPSA) is 51.2 Å². The third kappa shape index (κ3) is 1.35. The molecule has 0 saturated heterocycles. The summed E-state index contributed by atoms with van der Waals surface area (Å²) in [6.45, 7) is 0.694. The Morgan fingerprint density at radius 1 is 1.54 bits per heavy atom. The van der Waals surface area contributed by atoms with Crippen LogP contribution in [0.25, 0.3) is 0 Å². The first-order chi connectivity index (χ1) is 6.31. The van der Waals surface area contributed by atoms with Gasteiger partial charge in [-0.25, -0.2) is 4.98 Å². The lowest BCUT2D eigenvalue weighted by Crippen LogP contribution is -2.32. The number of methoxy groups -OCH3 is 1. The van der Waals surface area contributed by atoms with Crippen LogP contribution in [0.1, 0.15) is 16.1 Å². The second-order valence-corrected chi connectivity index (χ2v) is 2.87. The maximum Gasteiger partial charge on any atom is 0.270 e. The summed E-state index contributed by atoms with van der Waals surface area (Å²) in [6.07, 6.45) is 0.845. The number of hydrogen-bond acceptors (Lipinski definition) is 3. The average Bonchev–Trinajstić information content (AvgIpc) is 2.18. The summed E-state index contributed by atoms with van der Waals surface area (Å²) >= 11 is 0. The average molecular weight is 178 g/mol. The fraction of sp³-hybridized carbons (Fsp3) is 0.333. The number of amides is 1. The first kappa shape index (κ1) is 8.04. The van der Waals surface area contributed by atoms with Crippen molar-refractivity contribution in [1.29, 1.82) is 0 Å². The molecule has 1 aromatic rings. The molecule has 0 radical (unpaired) electrons. The van der Waals surface area contributed by atoms with E-state index in [1.165, 1.54) is 7.11 Å². The van der Waals surface area contributed by atoms with Crippen LogP contribution in [0.4, 0.5) is 0 Å². The zero-order valence-electron chi connectivity index (χ0n) is 7.33. The number of fused-ring (bicyclic) bond motifs is 1. The predicted octanol–water partition coefficient (Wildman–Crippen LogP) is 0.376. The van der Waals surface area contributed by atoms with Crippen molar-refractivity contribution >= 4 is 5.91 Å². The SMILES string of the molecule is COc1ccc2c(n1)C(=O)NCC2. The summed E-state index contributed by atoms with van der Waals surface area (Å²) < 4.78 is 4.94. The Hall–Kier alpha value is -1.58. The van der Waals surface area contributed by atoms with Gasteiger partial charge in [-0.05, 0) is 12.0 Å². The molecule has 68 valence electrons. The normalized spacial score (nSPS) is 14.7. The highest BCUT2D eigenvalue weighted by Crippen LogP contribution is 2.15. The van der Waals surface area contributed by atoms with Gasteiger partial charge in [-0.1, -0.05) is 6.07 Å². The fourth-order valence-corrected chi connectivity index (χ4v) is 1.38. The van der Waals surface area contributed by atoms with E-state index in [0.29, 0.717) is 18.1 Å². The van der Waals surface area contributed by atoms with Crippen molar-refractivity contribution in [1.82, 2.24) is 10.3 Å². The number of carbonyl (C=O) groups excluding carboxylic acids is 1. The van der Waals surface area contributed by atoms with Crippen LogP contribution in [0.5, 0.6) is 5.88 Å². The van der Waals surface area contributed by atoms with Crippen molar-refractivity contribution in [2.24, 2.45) is 0 Å². The van der Waals surface area contributed by atoms with Gasteiger partial charge in [-0.3, -0.25) is 4.79 Å². The van der Waals surface area contributed by atoms with E-state index in [9.17, 15) is 4.79 Å². The summed E-state index contributed by atoms with van der Waals surface area (Å²) in [5.74, 6) is 0.371. The quantitative estimate of drug-likeness (QED) is 0.676. The molecule has 2 heterocycles. The summed E-state index contributed by atoms with van der Waals surface area (Å²) in [4.78, 5) is 15.4. The van der Waals surface area contributed by atoms with Crippen LogP contribution in [-0.2, 0) is 6.42 Å². The minimum atomic E-state index is -0.111. The van der Waals surface area contributed by atoms with Gasteiger partial charge in [0.15, 0.2) is 0 Å². The summed E-state index contributed by atoms with van der Waals surface area (Å²) in [5.41, 5.74) is 1.48. The first-order valence-corrected chi connectivity index (χ1v) is 4.13. The van der Waals surface area contributed by atoms with Crippen LogP contribution < -0.4 is 10.1 Å². The molecule has 1 N–H and O–H groups in total. The van der Waals surface area contributed by atoms with Crippen LogP contribution in [0.15, 0.2) is 12.1 Å². The molecule has 0 aromatic carbocycles. The zero-order chi connectivity index (χ0) is 9.26. The highest BCUT2D eigenvalue weighted by molar-refractivity contribution is 5.94. The molecule has 1 aromatic heterocycles. The van der Waals surface area contributed by atoms with E-state index in [0.717, 1.165) is 12.0 Å². The number of ether oxygens (including phenoxy) is 1. The van der Waals surface area contributed by atoms with Crippen LogP contribution in [0.2, 0.25) is 0 Å². The maximum absolute atomic E-state index is 11.3. The van der Waals surface area contributed by atoms with Crippen molar-refractivity contribution in [3.05, 3.63) is 23.4 Å². The molecule has 13 heavy (non-hydrogen) atoms. The van der Waals surface area contributed by atoms with Gasteiger partial charge in [0.2, 0.25) is 5.88 Å². The third-order valence-corrected chi connectivity index (χ3v) is 2.06. The van der Waals surface area contributed by atoms with Gasteiger partial charge < -0.3 is 10.1 Å². The van der Waals surface area contributed by atoms with E-state index in [-0.39, 0.29) is 5.91 Å². The second-order valence-electron chi connectivity index (χ2n) is 2.87. The zero-order valence-corrected chi connectivity index (χ0v) is 7.33. The van der Waals surface area contributed by atoms with Crippen molar-refractivity contribution in [2.45, 2.75) is 6.42 Å². The molecule has 4 nitrogen and oxygen atoms in total. The standard InChI is InChI=1S/C9H10N2O2/c1-13-7-3-2-6-4-5-10-9(12)8(6)11-7/h2-3H,4-5H2,1H3,(H,10,12). The number of aromatic nitrogens is 1. The van der Waals surface area contributed by atoms with Gasteiger partial charge in [0.25, 0.3) is 5.91 Å². The van der Waals surface area contributed by atoms with Gasteiger partial charge in [-0.2, -0.15) is 0 Å². The lowest BCUT2D eigenvalue weighted by atomic mass is 10.1. The number of carbonyl (C=O) groups is 1. The third-order valence-electron chi connectivity index (χ3n) is 2.06. The van der Waals surface area contributed by atoms with Gasteiger partial charge in [0.05, 0.1) is 7.11 Å². The molecule has 1 amide bonds. The smallest absolute Gasteiger partial charge is 0.270 e. The van der Waals surface area contributed by atoms with Crippen molar-refractivity contribution < 1.29 is 9.53 Å². The Kier molecular flexibility index (Phi) is 1.88. The highest BCUT2D eigenvalue weighted by Gasteiger charge is 2.18. The molecule has 0 spiro atoms. The largest absolute Gasteiger partial charge is 0.481 e. The Balaban J connectivity index is 2.47. The van der Waals surface area contributed by atoms with Gasteiger partial charge >= 0.3 is 0 Å². The molecular weight excluding hydrogens is 168 g/mol. The molecule has 0 saturated carbocycles. The minimum Gasteiger partial charge on any atom is -0.481 e. The van der Waals surface area contributed by atoms with E-state index in [1.807, 2.05) is 6.07 Å². The molecule has 1 aliphatic rings. The van der Waals surface area contributed by atoms with Gasteiger partial charge in [0, 0.05) is 12.6 Å². The van der Waals surface area contributed by atoms with E-state index in [2.05, 4.69) is 10.3 Å². The molecule has 2 rings (SSSR count). The van der Waals surface area contributed by atoms with Gasteiger partial charge in [0.1, 0.15) is 5.69 Å². The number of nitrogens with one attached hydrogen (secondary N) is 1. The Bertz CT molecular complexity index is 349. The lowest BCUT2D eigenvalue weighted by Gasteiger charge is -2.15. The molecule has 0 aliphatic carbocycles. The Morgan fingerprint density at radius 3 is 3.15 bits per heavy atom. The molecular formula is C9H10N2O2. The van der Waals surface area contributed by atoms with Crippen molar-refractivity contribution in [2.75, 3.05) is 13.7 Å². The minimum absolute atomic E-state index is 0.111. The molecule has 0 bridgehead atoms. The monoisotopic (exact) mass is 178 g/mol. The highest BCUT2D eigenvalue weighted by atomic mass is 16.5. The summed E-state index contributed by atoms with van der Waals surface area (Å²) in [7, 11) is 1.54. The van der Waals surface area contributed by atoms with Crippen LogP contribution >= 0.6 is 0 Å². The van der Waals surface area contributed by atoms with Crippen LogP contribution in [0, 0.1) is 0 Å². The van der Waals surface area contributed by atoms with E-state index in [4.69, 9.17) is 4.74 Å². The van der Waals surface area contributed by atoms with Crippen molar-refractivity contribution in [3.8, 4) is 5.88 Å². The molecule has 0 fully saturated rings. The van der Waals surface area contributed by atoms with Gasteiger partial charge in [-0.15, -0.1) is 0 Å². The second kappa shape index (κ2) is 3.05. The van der Waals surface area contributed by atoms with E-state index >= 15 is 0 Å². The number of pyridine rings is 1. The predicted molar refractivity (Wildman–Crippen MR) is 46.8 cm³/mol.